The van der Waals surface area contributed by atoms with Crippen LogP contribution in [-0.4, -0.2) is 27.5 Å². The number of H-pyrrole nitrogens is 1. The Bertz CT molecular complexity index is 1110. The van der Waals surface area contributed by atoms with Gasteiger partial charge in [0.25, 0.3) is 0 Å². The van der Waals surface area contributed by atoms with Crippen molar-refractivity contribution >= 4 is 29.1 Å². The first-order chi connectivity index (χ1) is 15.0. The topological polar surface area (TPSA) is 49.0 Å². The number of likely N-dealkylation sites (tertiary alicyclic amines) is 1. The van der Waals surface area contributed by atoms with Crippen LogP contribution in [0, 0.1) is 11.7 Å². The molecule has 5 rings (SSSR count). The highest BCUT2D eigenvalue weighted by molar-refractivity contribution is 6.36. The largest absolute Gasteiger partial charge is 0.334 e. The summed E-state index contributed by atoms with van der Waals surface area (Å²) in [6, 6.07) is 9.97. The molecule has 1 aliphatic heterocycles. The predicted octanol–water partition coefficient (Wildman–Crippen LogP) is 5.99. The van der Waals surface area contributed by atoms with Gasteiger partial charge in [-0.1, -0.05) is 35.3 Å². The molecule has 1 saturated heterocycles. The first-order valence-corrected chi connectivity index (χ1v) is 11.3. The predicted molar refractivity (Wildman–Crippen MR) is 120 cm³/mol. The molecule has 0 bridgehead atoms. The van der Waals surface area contributed by atoms with Crippen LogP contribution in [0.15, 0.2) is 42.6 Å². The van der Waals surface area contributed by atoms with Gasteiger partial charge in [0.15, 0.2) is 0 Å². The van der Waals surface area contributed by atoms with Gasteiger partial charge in [-0.25, -0.2) is 4.39 Å². The lowest BCUT2D eigenvalue weighted by Gasteiger charge is -2.31. The number of aromatic nitrogens is 2. The molecule has 0 spiro atoms. The number of carbonyl (C=O) groups excluding carboxylic acids is 1. The summed E-state index contributed by atoms with van der Waals surface area (Å²) in [5.41, 5.74) is 4.76. The fraction of sp³-hybridized carbons (Fsp3) is 0.333. The lowest BCUT2D eigenvalue weighted by molar-refractivity contribution is -0.133. The van der Waals surface area contributed by atoms with Crippen LogP contribution in [0.4, 0.5) is 4.39 Å². The minimum atomic E-state index is -0.290. The standard InChI is InChI=1S/C24H22Cl2FN3O/c25-20-11-17(14-4-6-18(27)7-5-14)12-21(26)19(20)10-15-8-9-30(24(15)31)22-3-1-2-16-13-28-29-23(16)22/h4-7,11-13,15,22H,1-3,8-10H2,(H,28,29)/t15?,22-/m1/s1. The number of nitrogens with one attached hydrogen (secondary N) is 1. The third kappa shape index (κ3) is 3.85. The first-order valence-electron chi connectivity index (χ1n) is 10.6. The number of rotatable bonds is 4. The van der Waals surface area contributed by atoms with Crippen LogP contribution in [0.1, 0.15) is 42.1 Å². The minimum absolute atomic E-state index is 0.0792. The Balaban J connectivity index is 1.35. The van der Waals surface area contributed by atoms with Crippen molar-refractivity contribution in [1.82, 2.24) is 15.1 Å². The smallest absolute Gasteiger partial charge is 0.226 e. The number of amides is 1. The molecule has 1 unspecified atom stereocenters. The molecular weight excluding hydrogens is 436 g/mol. The van der Waals surface area contributed by atoms with Crippen LogP contribution in [0.25, 0.3) is 11.1 Å². The van der Waals surface area contributed by atoms with E-state index in [1.165, 1.54) is 17.7 Å². The number of nitrogens with zero attached hydrogens (tertiary/aromatic N) is 2. The molecule has 2 aliphatic rings. The molecule has 4 nitrogen and oxygen atoms in total. The Labute approximate surface area is 190 Å². The summed E-state index contributed by atoms with van der Waals surface area (Å²) in [5, 5.41) is 8.35. The maximum absolute atomic E-state index is 13.3. The average molecular weight is 458 g/mol. The van der Waals surface area contributed by atoms with E-state index in [1.54, 1.807) is 12.1 Å². The van der Waals surface area contributed by atoms with Gasteiger partial charge in [0, 0.05) is 22.5 Å². The average Bonchev–Trinajstić information content (AvgIpc) is 3.38. The summed E-state index contributed by atoms with van der Waals surface area (Å²) in [6.07, 6.45) is 6.21. The zero-order chi connectivity index (χ0) is 21.5. The molecule has 7 heteroatoms. The number of aromatic amines is 1. The van der Waals surface area contributed by atoms with Crippen molar-refractivity contribution in [3.05, 3.63) is 75.3 Å². The molecule has 1 amide bonds. The van der Waals surface area contributed by atoms with E-state index in [0.717, 1.165) is 54.6 Å². The first kappa shape index (κ1) is 20.5. The molecule has 0 radical (unpaired) electrons. The van der Waals surface area contributed by atoms with Crippen molar-refractivity contribution in [2.24, 2.45) is 5.92 Å². The maximum Gasteiger partial charge on any atom is 0.226 e. The number of carbonyl (C=O) groups is 1. The van der Waals surface area contributed by atoms with E-state index in [4.69, 9.17) is 23.2 Å². The highest BCUT2D eigenvalue weighted by Crippen LogP contribution is 2.39. The van der Waals surface area contributed by atoms with E-state index in [0.29, 0.717) is 16.5 Å². The second kappa shape index (κ2) is 8.29. The molecule has 0 saturated carbocycles. The zero-order valence-corrected chi connectivity index (χ0v) is 18.4. The molecule has 1 N–H and O–H groups in total. The molecule has 2 atom stereocenters. The van der Waals surface area contributed by atoms with Crippen LogP contribution >= 0.6 is 23.2 Å². The number of hydrogen-bond donors (Lipinski definition) is 1. The minimum Gasteiger partial charge on any atom is -0.334 e. The van der Waals surface area contributed by atoms with E-state index in [2.05, 4.69) is 10.2 Å². The second-order valence-electron chi connectivity index (χ2n) is 8.36. The van der Waals surface area contributed by atoms with E-state index in [-0.39, 0.29) is 23.7 Å². The van der Waals surface area contributed by atoms with Gasteiger partial charge in [0.2, 0.25) is 5.91 Å². The number of aryl methyl sites for hydroxylation is 1. The molecule has 1 aromatic heterocycles. The molecule has 2 aromatic carbocycles. The van der Waals surface area contributed by atoms with Crippen molar-refractivity contribution < 1.29 is 9.18 Å². The molecule has 31 heavy (non-hydrogen) atoms. The zero-order valence-electron chi connectivity index (χ0n) is 16.9. The molecule has 160 valence electrons. The summed E-state index contributed by atoms with van der Waals surface area (Å²) in [5.74, 6) is -0.274. The fourth-order valence-corrected chi connectivity index (χ4v) is 5.51. The van der Waals surface area contributed by atoms with E-state index >= 15 is 0 Å². The SMILES string of the molecule is O=C1C(Cc2c(Cl)cc(-c3ccc(F)cc3)cc2Cl)CCN1[C@@H]1CCCc2cn[nH]c21. The molecule has 3 aromatic rings. The summed E-state index contributed by atoms with van der Waals surface area (Å²) >= 11 is 13.2. The lowest BCUT2D eigenvalue weighted by atomic mass is 9.92. The monoisotopic (exact) mass is 457 g/mol. The van der Waals surface area contributed by atoms with Crippen LogP contribution in [-0.2, 0) is 17.6 Å². The van der Waals surface area contributed by atoms with Crippen molar-refractivity contribution in [2.75, 3.05) is 6.54 Å². The van der Waals surface area contributed by atoms with Crippen LogP contribution in [0.5, 0.6) is 0 Å². The van der Waals surface area contributed by atoms with Gasteiger partial charge >= 0.3 is 0 Å². The summed E-state index contributed by atoms with van der Waals surface area (Å²) in [6.45, 7) is 0.732. The van der Waals surface area contributed by atoms with Crippen molar-refractivity contribution in [3.8, 4) is 11.1 Å². The van der Waals surface area contributed by atoms with Gasteiger partial charge < -0.3 is 4.90 Å². The molecule has 1 fully saturated rings. The molecule has 1 aliphatic carbocycles. The third-order valence-corrected chi connectivity index (χ3v) is 7.18. The number of hydrogen-bond acceptors (Lipinski definition) is 2. The van der Waals surface area contributed by atoms with Gasteiger partial charge in [0.05, 0.1) is 17.9 Å². The van der Waals surface area contributed by atoms with Crippen LogP contribution in [0.3, 0.4) is 0 Å². The Kier molecular flexibility index (Phi) is 5.49. The number of halogens is 3. The Morgan fingerprint density at radius 2 is 1.84 bits per heavy atom. The highest BCUT2D eigenvalue weighted by atomic mass is 35.5. The summed E-state index contributed by atoms with van der Waals surface area (Å²) < 4.78 is 13.2. The number of benzene rings is 2. The highest BCUT2D eigenvalue weighted by Gasteiger charge is 2.39. The normalized spacial score (nSPS) is 20.9. The molecule has 2 heterocycles. The van der Waals surface area contributed by atoms with Crippen molar-refractivity contribution in [3.63, 3.8) is 0 Å². The van der Waals surface area contributed by atoms with Crippen molar-refractivity contribution in [1.29, 1.82) is 0 Å². The van der Waals surface area contributed by atoms with Crippen LogP contribution < -0.4 is 0 Å². The van der Waals surface area contributed by atoms with Gasteiger partial charge in [-0.15, -0.1) is 0 Å². The summed E-state index contributed by atoms with van der Waals surface area (Å²) in [7, 11) is 0. The Morgan fingerprint density at radius 3 is 2.58 bits per heavy atom. The van der Waals surface area contributed by atoms with E-state index < -0.39 is 0 Å². The van der Waals surface area contributed by atoms with Crippen LogP contribution in [0.2, 0.25) is 10.0 Å². The Morgan fingerprint density at radius 1 is 1.10 bits per heavy atom. The summed E-state index contributed by atoms with van der Waals surface area (Å²) in [4.78, 5) is 15.2. The van der Waals surface area contributed by atoms with Crippen molar-refractivity contribution in [2.45, 2.75) is 38.1 Å². The van der Waals surface area contributed by atoms with E-state index in [1.807, 2.05) is 23.2 Å². The molecular formula is C24H22Cl2FN3O. The van der Waals surface area contributed by atoms with Gasteiger partial charge in [-0.3, -0.25) is 9.89 Å². The Hall–Kier alpha value is -2.37. The second-order valence-corrected chi connectivity index (χ2v) is 9.18. The van der Waals surface area contributed by atoms with Gasteiger partial charge in [-0.2, -0.15) is 5.10 Å². The third-order valence-electron chi connectivity index (χ3n) is 6.50. The van der Waals surface area contributed by atoms with Gasteiger partial charge in [0.1, 0.15) is 5.82 Å². The number of fused-ring (bicyclic) bond motifs is 1. The fourth-order valence-electron chi connectivity index (χ4n) is 4.87. The lowest BCUT2D eigenvalue weighted by Crippen LogP contribution is -2.34. The van der Waals surface area contributed by atoms with Gasteiger partial charge in [-0.05, 0) is 78.6 Å². The van der Waals surface area contributed by atoms with E-state index in [9.17, 15) is 9.18 Å². The quantitative estimate of drug-likeness (QED) is 0.522. The maximum atomic E-state index is 13.3.